The van der Waals surface area contributed by atoms with E-state index in [9.17, 15) is 9.67 Å². The Morgan fingerprint density at radius 1 is 1.29 bits per heavy atom. The quantitative estimate of drug-likeness (QED) is 0.836. The van der Waals surface area contributed by atoms with Gasteiger partial charge in [0, 0.05) is 5.30 Å². The fourth-order valence-corrected chi connectivity index (χ4v) is 4.94. The SMILES string of the molecule is CC(C)[C@@H]1CC[C@@H](C)C[C@H]1O[P@@](=O)(CO)c1ccccc1. The maximum atomic E-state index is 13.1. The van der Waals surface area contributed by atoms with Crippen LogP contribution in [0.15, 0.2) is 30.3 Å². The highest BCUT2D eigenvalue weighted by atomic mass is 31.2. The van der Waals surface area contributed by atoms with Gasteiger partial charge in [-0.05, 0) is 42.7 Å². The van der Waals surface area contributed by atoms with Gasteiger partial charge in [-0.3, -0.25) is 4.57 Å². The molecule has 0 heterocycles. The molecule has 0 aliphatic heterocycles. The molecule has 1 aromatic rings. The second-order valence-corrected chi connectivity index (χ2v) is 8.98. The smallest absolute Gasteiger partial charge is 0.256 e. The maximum absolute atomic E-state index is 13.1. The van der Waals surface area contributed by atoms with Gasteiger partial charge in [-0.25, -0.2) is 0 Å². The first-order valence-corrected chi connectivity index (χ1v) is 9.71. The van der Waals surface area contributed by atoms with E-state index >= 15 is 0 Å². The van der Waals surface area contributed by atoms with Crippen LogP contribution in [0.5, 0.6) is 0 Å². The number of benzene rings is 1. The summed E-state index contributed by atoms with van der Waals surface area (Å²) in [5.41, 5.74) is 0. The molecule has 2 rings (SSSR count). The van der Waals surface area contributed by atoms with E-state index in [1.807, 2.05) is 18.2 Å². The van der Waals surface area contributed by atoms with Crippen LogP contribution in [0.1, 0.15) is 40.0 Å². The number of aliphatic hydroxyl groups is 1. The molecule has 21 heavy (non-hydrogen) atoms. The monoisotopic (exact) mass is 310 g/mol. The van der Waals surface area contributed by atoms with Crippen molar-refractivity contribution in [2.45, 2.75) is 46.1 Å². The van der Waals surface area contributed by atoms with Gasteiger partial charge in [0.25, 0.3) is 7.37 Å². The van der Waals surface area contributed by atoms with Crippen molar-refractivity contribution in [3.05, 3.63) is 30.3 Å². The van der Waals surface area contributed by atoms with Crippen LogP contribution < -0.4 is 5.30 Å². The summed E-state index contributed by atoms with van der Waals surface area (Å²) in [5, 5.41) is 10.3. The predicted octanol–water partition coefficient (Wildman–Crippen LogP) is 4.02. The van der Waals surface area contributed by atoms with Gasteiger partial charge in [-0.1, -0.05) is 45.4 Å². The van der Waals surface area contributed by atoms with Crippen LogP contribution in [0.2, 0.25) is 0 Å². The van der Waals surface area contributed by atoms with Gasteiger partial charge in [0.2, 0.25) is 0 Å². The van der Waals surface area contributed by atoms with E-state index in [0.717, 1.165) is 12.8 Å². The Kier molecular flexibility index (Phi) is 5.65. The first kappa shape index (κ1) is 16.7. The van der Waals surface area contributed by atoms with Gasteiger partial charge < -0.3 is 9.63 Å². The maximum Gasteiger partial charge on any atom is 0.256 e. The average Bonchev–Trinajstić information content (AvgIpc) is 2.47. The van der Waals surface area contributed by atoms with Crippen molar-refractivity contribution in [1.82, 2.24) is 0 Å². The van der Waals surface area contributed by atoms with Crippen molar-refractivity contribution < 1.29 is 14.2 Å². The van der Waals surface area contributed by atoms with Gasteiger partial charge in [0.15, 0.2) is 0 Å². The molecule has 0 spiro atoms. The van der Waals surface area contributed by atoms with Crippen LogP contribution in [0.4, 0.5) is 0 Å². The van der Waals surface area contributed by atoms with E-state index in [0.29, 0.717) is 23.1 Å². The molecule has 0 aromatic heterocycles. The molecule has 1 saturated carbocycles. The Hall–Kier alpha value is -0.630. The van der Waals surface area contributed by atoms with Crippen LogP contribution in [0.25, 0.3) is 0 Å². The molecule has 1 aromatic carbocycles. The third-order valence-electron chi connectivity index (χ3n) is 4.60. The van der Waals surface area contributed by atoms with Crippen LogP contribution in [0.3, 0.4) is 0 Å². The van der Waals surface area contributed by atoms with Crippen LogP contribution >= 0.6 is 7.37 Å². The molecule has 0 amide bonds. The highest BCUT2D eigenvalue weighted by Crippen LogP contribution is 2.50. The number of aliphatic hydroxyl groups excluding tert-OH is 1. The standard InChI is InChI=1S/C17H27O3P/c1-13(2)16-10-9-14(3)11-17(16)20-21(19,12-18)15-7-5-4-6-8-15/h4-8,13-14,16-18H,9-12H2,1-3H3/t14-,16+,17-,21+/m1/s1. The molecule has 118 valence electrons. The Balaban J connectivity index is 2.21. The number of hydrogen-bond acceptors (Lipinski definition) is 3. The minimum atomic E-state index is -3.17. The van der Waals surface area contributed by atoms with Gasteiger partial charge >= 0.3 is 0 Å². The average molecular weight is 310 g/mol. The highest BCUT2D eigenvalue weighted by Gasteiger charge is 2.37. The van der Waals surface area contributed by atoms with Crippen LogP contribution in [-0.4, -0.2) is 17.6 Å². The second-order valence-electron chi connectivity index (χ2n) is 6.62. The first-order chi connectivity index (χ1) is 9.96. The molecular weight excluding hydrogens is 283 g/mol. The minimum Gasteiger partial charge on any atom is -0.386 e. The van der Waals surface area contributed by atoms with Crippen molar-refractivity contribution in [2.75, 3.05) is 6.35 Å². The topological polar surface area (TPSA) is 46.5 Å². The van der Waals surface area contributed by atoms with Crippen molar-refractivity contribution in [2.24, 2.45) is 17.8 Å². The molecule has 0 bridgehead atoms. The summed E-state index contributed by atoms with van der Waals surface area (Å²) >= 11 is 0. The number of rotatable bonds is 5. The molecular formula is C17H27O3P. The van der Waals surface area contributed by atoms with E-state index in [2.05, 4.69) is 20.8 Å². The van der Waals surface area contributed by atoms with Gasteiger partial charge in [0.1, 0.15) is 6.35 Å². The molecule has 4 heteroatoms. The molecule has 4 atom stereocenters. The Morgan fingerprint density at radius 3 is 2.52 bits per heavy atom. The fourth-order valence-electron chi connectivity index (χ4n) is 3.29. The summed E-state index contributed by atoms with van der Waals surface area (Å²) in [5.74, 6) is 1.52. The first-order valence-electron chi connectivity index (χ1n) is 7.90. The van der Waals surface area contributed by atoms with Crippen molar-refractivity contribution in [1.29, 1.82) is 0 Å². The summed E-state index contributed by atoms with van der Waals surface area (Å²) in [6.07, 6.45) is 2.81. The van der Waals surface area contributed by atoms with Gasteiger partial charge in [-0.15, -0.1) is 0 Å². The molecule has 0 saturated heterocycles. The lowest BCUT2D eigenvalue weighted by Gasteiger charge is -2.38. The molecule has 3 nitrogen and oxygen atoms in total. The second kappa shape index (κ2) is 7.09. The third-order valence-corrected chi connectivity index (χ3v) is 6.67. The molecule has 1 N–H and O–H groups in total. The van der Waals surface area contributed by atoms with Crippen LogP contribution in [0, 0.1) is 17.8 Å². The zero-order valence-electron chi connectivity index (χ0n) is 13.2. The van der Waals surface area contributed by atoms with E-state index in [1.54, 1.807) is 12.1 Å². The molecule has 1 aliphatic carbocycles. The molecule has 1 fully saturated rings. The summed E-state index contributed by atoms with van der Waals surface area (Å²) in [6.45, 7) is 6.62. The van der Waals surface area contributed by atoms with Gasteiger partial charge in [-0.2, -0.15) is 0 Å². The summed E-state index contributed by atoms with van der Waals surface area (Å²) in [7, 11) is -3.17. The predicted molar refractivity (Wildman–Crippen MR) is 87.0 cm³/mol. The van der Waals surface area contributed by atoms with E-state index in [-0.39, 0.29) is 6.10 Å². The van der Waals surface area contributed by atoms with E-state index in [4.69, 9.17) is 4.52 Å². The Bertz CT molecular complexity index is 486. The van der Waals surface area contributed by atoms with Crippen LogP contribution in [-0.2, 0) is 9.09 Å². The molecule has 1 aliphatic rings. The minimum absolute atomic E-state index is 0.0214. The zero-order valence-corrected chi connectivity index (χ0v) is 14.1. The highest BCUT2D eigenvalue weighted by molar-refractivity contribution is 7.66. The Labute approximate surface area is 128 Å². The third kappa shape index (κ3) is 3.97. The lowest BCUT2D eigenvalue weighted by atomic mass is 9.75. The fraction of sp³-hybridized carbons (Fsp3) is 0.647. The Morgan fingerprint density at radius 2 is 1.95 bits per heavy atom. The van der Waals surface area contributed by atoms with E-state index in [1.165, 1.54) is 6.42 Å². The van der Waals surface area contributed by atoms with Crippen molar-refractivity contribution >= 4 is 12.7 Å². The lowest BCUT2D eigenvalue weighted by molar-refractivity contribution is 0.0471. The van der Waals surface area contributed by atoms with Gasteiger partial charge in [0.05, 0.1) is 6.10 Å². The van der Waals surface area contributed by atoms with Crippen molar-refractivity contribution in [3.63, 3.8) is 0 Å². The molecule has 0 radical (unpaired) electrons. The summed E-state index contributed by atoms with van der Waals surface area (Å²) < 4.78 is 19.1. The number of hydrogen-bond donors (Lipinski definition) is 1. The lowest BCUT2D eigenvalue weighted by Crippen LogP contribution is -2.34. The summed E-state index contributed by atoms with van der Waals surface area (Å²) in [6, 6.07) is 9.13. The largest absolute Gasteiger partial charge is 0.386 e. The summed E-state index contributed by atoms with van der Waals surface area (Å²) in [4.78, 5) is 0. The zero-order chi connectivity index (χ0) is 15.5. The molecule has 0 unspecified atom stereocenters. The van der Waals surface area contributed by atoms with E-state index < -0.39 is 13.7 Å². The van der Waals surface area contributed by atoms with Crippen molar-refractivity contribution in [3.8, 4) is 0 Å². The normalized spacial score (nSPS) is 29.3.